The van der Waals surface area contributed by atoms with Crippen molar-refractivity contribution in [2.45, 2.75) is 30.4 Å². The zero-order valence-corrected chi connectivity index (χ0v) is 14.7. The lowest BCUT2D eigenvalue weighted by molar-refractivity contribution is 0.537. The fourth-order valence-electron chi connectivity index (χ4n) is 1.43. The molecule has 0 amide bonds. The summed E-state index contributed by atoms with van der Waals surface area (Å²) >= 11 is 5.82. The Balaban J connectivity index is 3.15. The van der Waals surface area contributed by atoms with Crippen LogP contribution < -0.4 is 10.5 Å². The molecule has 0 atom stereocenters. The van der Waals surface area contributed by atoms with Gasteiger partial charge in [0.05, 0.1) is 9.64 Å². The van der Waals surface area contributed by atoms with Crippen LogP contribution in [0.3, 0.4) is 0 Å². The molecule has 1 aromatic carbocycles. The van der Waals surface area contributed by atoms with Crippen molar-refractivity contribution in [2.75, 3.05) is 18.5 Å². The van der Waals surface area contributed by atoms with Crippen molar-refractivity contribution >= 4 is 37.1 Å². The van der Waals surface area contributed by atoms with E-state index < -0.39 is 24.6 Å². The van der Waals surface area contributed by atoms with E-state index in [2.05, 4.69) is 4.72 Å². The molecule has 0 aromatic heterocycles. The monoisotopic (exact) mass is 354 g/mol. The smallest absolute Gasteiger partial charge is 0.241 e. The summed E-state index contributed by atoms with van der Waals surface area (Å²) in [5.74, 6) is 0. The molecule has 21 heavy (non-hydrogen) atoms. The topological polar surface area (TPSA) is 106 Å². The van der Waals surface area contributed by atoms with Gasteiger partial charge >= 0.3 is 0 Å². The van der Waals surface area contributed by atoms with Gasteiger partial charge in [-0.25, -0.2) is 21.6 Å². The molecule has 1 aromatic rings. The fraction of sp³-hybridized carbons (Fsp3) is 0.500. The summed E-state index contributed by atoms with van der Waals surface area (Å²) in [6, 6.07) is 2.74. The average Bonchev–Trinajstić information content (AvgIpc) is 2.30. The number of rotatable bonds is 5. The first kappa shape index (κ1) is 18.2. The highest BCUT2D eigenvalue weighted by atomic mass is 35.5. The van der Waals surface area contributed by atoms with Gasteiger partial charge in [-0.3, -0.25) is 0 Å². The number of halogens is 1. The van der Waals surface area contributed by atoms with Crippen LogP contribution in [0.15, 0.2) is 17.0 Å². The Kier molecular flexibility index (Phi) is 4.99. The van der Waals surface area contributed by atoms with E-state index in [4.69, 9.17) is 17.3 Å². The molecule has 0 spiro atoms. The third kappa shape index (κ3) is 4.09. The van der Waals surface area contributed by atoms with E-state index in [0.717, 1.165) is 6.26 Å². The maximum Gasteiger partial charge on any atom is 0.241 e. The Morgan fingerprint density at radius 1 is 1.24 bits per heavy atom. The minimum atomic E-state index is -3.91. The van der Waals surface area contributed by atoms with E-state index in [1.54, 1.807) is 6.92 Å². The molecular formula is C12H19ClN2O4S2. The Hall–Kier alpha value is -0.830. The number of sulfone groups is 1. The van der Waals surface area contributed by atoms with Gasteiger partial charge in [-0.15, -0.1) is 0 Å². The molecule has 6 nitrogen and oxygen atoms in total. The molecule has 0 saturated carbocycles. The summed E-state index contributed by atoms with van der Waals surface area (Å²) in [6.45, 7) is 4.20. The molecule has 0 saturated heterocycles. The number of nitrogens with two attached hydrogens (primary N) is 1. The van der Waals surface area contributed by atoms with Crippen molar-refractivity contribution in [1.29, 1.82) is 0 Å². The zero-order valence-electron chi connectivity index (χ0n) is 12.3. The molecule has 3 N–H and O–H groups in total. The van der Waals surface area contributed by atoms with Crippen LogP contribution >= 0.6 is 11.6 Å². The van der Waals surface area contributed by atoms with Gasteiger partial charge in [0.2, 0.25) is 10.0 Å². The van der Waals surface area contributed by atoms with Crippen molar-refractivity contribution in [3.8, 4) is 0 Å². The van der Waals surface area contributed by atoms with Crippen molar-refractivity contribution < 1.29 is 16.8 Å². The third-order valence-electron chi connectivity index (χ3n) is 3.35. The van der Waals surface area contributed by atoms with Gasteiger partial charge in [0, 0.05) is 23.5 Å². The molecule has 0 aliphatic heterocycles. The standard InChI is InChI=1S/C12H19ClN2O4S2/c1-8-10(14)5-9(13)6-11(8)21(18,19)15-7-12(2,3)20(4,16)17/h5-6,15H,7,14H2,1-4H3. The number of benzene rings is 1. The first-order chi connectivity index (χ1) is 9.28. The third-order valence-corrected chi connectivity index (χ3v) is 7.24. The van der Waals surface area contributed by atoms with E-state index in [0.29, 0.717) is 5.56 Å². The predicted octanol–water partition coefficient (Wildman–Crippen LogP) is 1.33. The highest BCUT2D eigenvalue weighted by Crippen LogP contribution is 2.26. The lowest BCUT2D eigenvalue weighted by Crippen LogP contribution is -2.43. The second-order valence-corrected chi connectivity index (χ2v) is 10.3. The van der Waals surface area contributed by atoms with Crippen molar-refractivity contribution in [3.63, 3.8) is 0 Å². The maximum atomic E-state index is 12.3. The lowest BCUT2D eigenvalue weighted by atomic mass is 10.2. The highest BCUT2D eigenvalue weighted by Gasteiger charge is 2.32. The summed E-state index contributed by atoms with van der Waals surface area (Å²) in [5, 5.41) is 0.195. The van der Waals surface area contributed by atoms with Crippen LogP contribution in [0.25, 0.3) is 0 Å². The summed E-state index contributed by atoms with van der Waals surface area (Å²) in [5.41, 5.74) is 6.32. The van der Waals surface area contributed by atoms with E-state index >= 15 is 0 Å². The van der Waals surface area contributed by atoms with Gasteiger partial charge in [0.25, 0.3) is 0 Å². The molecule has 0 aliphatic carbocycles. The summed E-state index contributed by atoms with van der Waals surface area (Å²) < 4.78 is 48.9. The van der Waals surface area contributed by atoms with E-state index in [1.165, 1.54) is 26.0 Å². The molecule has 0 radical (unpaired) electrons. The van der Waals surface area contributed by atoms with E-state index in [-0.39, 0.29) is 22.2 Å². The lowest BCUT2D eigenvalue weighted by Gasteiger charge is -2.23. The number of sulfonamides is 1. The van der Waals surface area contributed by atoms with Crippen LogP contribution in [0.2, 0.25) is 5.02 Å². The number of hydrogen-bond acceptors (Lipinski definition) is 5. The second-order valence-electron chi connectivity index (χ2n) is 5.47. The van der Waals surface area contributed by atoms with Gasteiger partial charge in [-0.1, -0.05) is 11.6 Å². The van der Waals surface area contributed by atoms with E-state index in [9.17, 15) is 16.8 Å². The van der Waals surface area contributed by atoms with Crippen LogP contribution in [-0.2, 0) is 19.9 Å². The number of hydrogen-bond donors (Lipinski definition) is 2. The second kappa shape index (κ2) is 5.75. The molecule has 120 valence electrons. The quantitative estimate of drug-likeness (QED) is 0.776. The summed E-state index contributed by atoms with van der Waals surface area (Å²) in [6.07, 6.45) is 1.06. The Morgan fingerprint density at radius 3 is 2.24 bits per heavy atom. The van der Waals surface area contributed by atoms with Gasteiger partial charge in [0.15, 0.2) is 9.84 Å². The Bertz CT molecular complexity index is 756. The van der Waals surface area contributed by atoms with Crippen molar-refractivity contribution in [2.24, 2.45) is 0 Å². The summed E-state index contributed by atoms with van der Waals surface area (Å²) in [4.78, 5) is -0.0585. The van der Waals surface area contributed by atoms with Gasteiger partial charge < -0.3 is 5.73 Å². The van der Waals surface area contributed by atoms with Crippen LogP contribution in [0.5, 0.6) is 0 Å². The number of nitrogen functional groups attached to an aromatic ring is 1. The van der Waals surface area contributed by atoms with Crippen LogP contribution in [0.1, 0.15) is 19.4 Å². The first-order valence-electron chi connectivity index (χ1n) is 6.03. The molecule has 0 unspecified atom stereocenters. The average molecular weight is 355 g/mol. The molecule has 0 bridgehead atoms. The largest absolute Gasteiger partial charge is 0.398 e. The van der Waals surface area contributed by atoms with E-state index in [1.807, 2.05) is 0 Å². The number of nitrogens with one attached hydrogen (secondary N) is 1. The molecule has 0 fully saturated rings. The SMILES string of the molecule is Cc1c(N)cc(Cl)cc1S(=O)(=O)NCC(C)(C)S(C)(=O)=O. The Labute approximate surface area is 130 Å². The van der Waals surface area contributed by atoms with Crippen LogP contribution in [-0.4, -0.2) is 34.4 Å². The van der Waals surface area contributed by atoms with Gasteiger partial charge in [-0.05, 0) is 38.5 Å². The maximum absolute atomic E-state index is 12.3. The molecule has 1 rings (SSSR count). The summed E-state index contributed by atoms with van der Waals surface area (Å²) in [7, 11) is -7.32. The minimum absolute atomic E-state index is 0.0585. The van der Waals surface area contributed by atoms with Gasteiger partial charge in [-0.2, -0.15) is 0 Å². The van der Waals surface area contributed by atoms with Gasteiger partial charge in [0.1, 0.15) is 0 Å². The minimum Gasteiger partial charge on any atom is -0.398 e. The van der Waals surface area contributed by atoms with Crippen LogP contribution in [0, 0.1) is 6.92 Å². The first-order valence-corrected chi connectivity index (χ1v) is 9.78. The molecule has 9 heteroatoms. The zero-order chi connectivity index (χ0) is 16.6. The molecular weight excluding hydrogens is 336 g/mol. The Morgan fingerprint density at radius 2 is 1.76 bits per heavy atom. The highest BCUT2D eigenvalue weighted by molar-refractivity contribution is 7.92. The fourth-order valence-corrected chi connectivity index (χ4v) is 3.66. The van der Waals surface area contributed by atoms with Crippen molar-refractivity contribution in [3.05, 3.63) is 22.7 Å². The normalized spacial score (nSPS) is 13.4. The number of anilines is 1. The molecule has 0 heterocycles. The van der Waals surface area contributed by atoms with Crippen molar-refractivity contribution in [1.82, 2.24) is 4.72 Å². The molecule has 0 aliphatic rings. The predicted molar refractivity (Wildman–Crippen MR) is 84.7 cm³/mol. The van der Waals surface area contributed by atoms with Crippen LogP contribution in [0.4, 0.5) is 5.69 Å².